The van der Waals surface area contributed by atoms with Gasteiger partial charge in [-0.05, 0) is 13.3 Å². The number of aliphatic hydroxyl groups is 2. The monoisotopic (exact) mass is 283 g/mol. The van der Waals surface area contributed by atoms with Gasteiger partial charge >= 0.3 is 0 Å². The minimum atomic E-state index is -0.558. The SMILES string of the molecule is Cc1nc2c(Cl)nc(N)nc2n1[C@@]1(CO)C[C@H]1CO. The molecule has 3 rings (SSSR count). The molecule has 4 N–H and O–H groups in total. The van der Waals surface area contributed by atoms with Crippen molar-refractivity contribution < 1.29 is 10.2 Å². The number of hydrogen-bond acceptors (Lipinski definition) is 6. The number of aliphatic hydroxyl groups excluding tert-OH is 2. The molecule has 2 aromatic rings. The molecule has 0 aromatic carbocycles. The smallest absolute Gasteiger partial charge is 0.223 e. The number of halogens is 1. The average Bonchev–Trinajstić information content (AvgIpc) is 2.99. The molecule has 102 valence electrons. The number of nitrogens with two attached hydrogens (primary N) is 1. The van der Waals surface area contributed by atoms with Crippen LogP contribution in [-0.2, 0) is 5.54 Å². The van der Waals surface area contributed by atoms with Crippen LogP contribution in [0.5, 0.6) is 0 Å². The van der Waals surface area contributed by atoms with Crippen LogP contribution >= 0.6 is 11.6 Å². The number of imidazole rings is 1. The van der Waals surface area contributed by atoms with Crippen molar-refractivity contribution in [1.29, 1.82) is 0 Å². The summed E-state index contributed by atoms with van der Waals surface area (Å²) in [5, 5.41) is 19.2. The first-order chi connectivity index (χ1) is 9.03. The Morgan fingerprint density at radius 3 is 2.74 bits per heavy atom. The van der Waals surface area contributed by atoms with Crippen LogP contribution < -0.4 is 5.73 Å². The fourth-order valence-electron chi connectivity index (χ4n) is 2.72. The number of nitrogen functional groups attached to an aromatic ring is 1. The lowest BCUT2D eigenvalue weighted by Crippen LogP contribution is -2.27. The highest BCUT2D eigenvalue weighted by molar-refractivity contribution is 6.33. The highest BCUT2D eigenvalue weighted by atomic mass is 35.5. The van der Waals surface area contributed by atoms with E-state index in [0.29, 0.717) is 23.4 Å². The Morgan fingerprint density at radius 2 is 2.16 bits per heavy atom. The van der Waals surface area contributed by atoms with Crippen molar-refractivity contribution in [3.05, 3.63) is 11.0 Å². The van der Waals surface area contributed by atoms with Gasteiger partial charge < -0.3 is 20.5 Å². The molecule has 0 spiro atoms. The first-order valence-electron chi connectivity index (χ1n) is 5.93. The molecule has 1 aliphatic carbocycles. The van der Waals surface area contributed by atoms with Crippen LogP contribution in [0.4, 0.5) is 5.95 Å². The van der Waals surface area contributed by atoms with Crippen molar-refractivity contribution in [3.63, 3.8) is 0 Å². The summed E-state index contributed by atoms with van der Waals surface area (Å²) in [6.45, 7) is 1.72. The topological polar surface area (TPSA) is 110 Å². The van der Waals surface area contributed by atoms with Gasteiger partial charge in [0.05, 0.1) is 12.1 Å². The number of anilines is 1. The lowest BCUT2D eigenvalue weighted by Gasteiger charge is -2.18. The van der Waals surface area contributed by atoms with Gasteiger partial charge in [0, 0.05) is 12.5 Å². The van der Waals surface area contributed by atoms with Crippen LogP contribution in [0.1, 0.15) is 12.2 Å². The molecule has 0 unspecified atom stereocenters. The van der Waals surface area contributed by atoms with Crippen molar-refractivity contribution in [1.82, 2.24) is 19.5 Å². The third-order valence-corrected chi connectivity index (χ3v) is 4.05. The third kappa shape index (κ3) is 1.62. The Labute approximate surface area is 114 Å². The zero-order valence-corrected chi connectivity index (χ0v) is 11.1. The minimum absolute atomic E-state index is 0.00791. The van der Waals surface area contributed by atoms with Crippen molar-refractivity contribution >= 4 is 28.7 Å². The average molecular weight is 284 g/mol. The molecule has 0 amide bonds. The zero-order valence-electron chi connectivity index (χ0n) is 10.3. The van der Waals surface area contributed by atoms with E-state index in [0.717, 1.165) is 0 Å². The summed E-state index contributed by atoms with van der Waals surface area (Å²) in [7, 11) is 0. The molecular weight excluding hydrogens is 270 g/mol. The molecule has 19 heavy (non-hydrogen) atoms. The van der Waals surface area contributed by atoms with E-state index in [1.165, 1.54) is 0 Å². The largest absolute Gasteiger partial charge is 0.396 e. The van der Waals surface area contributed by atoms with Crippen molar-refractivity contribution in [3.8, 4) is 0 Å². The van der Waals surface area contributed by atoms with Gasteiger partial charge in [0.2, 0.25) is 5.95 Å². The Hall–Kier alpha value is -1.44. The Balaban J connectivity index is 2.27. The molecule has 0 bridgehead atoms. The summed E-state index contributed by atoms with van der Waals surface area (Å²) in [6, 6.07) is 0. The molecule has 2 heterocycles. The fourth-order valence-corrected chi connectivity index (χ4v) is 2.94. The van der Waals surface area contributed by atoms with Crippen molar-refractivity contribution in [2.24, 2.45) is 5.92 Å². The summed E-state index contributed by atoms with van der Waals surface area (Å²) in [6.07, 6.45) is 0.674. The van der Waals surface area contributed by atoms with Crippen LogP contribution in [0.2, 0.25) is 5.15 Å². The van der Waals surface area contributed by atoms with E-state index >= 15 is 0 Å². The van der Waals surface area contributed by atoms with Gasteiger partial charge in [0.15, 0.2) is 10.8 Å². The molecule has 8 heteroatoms. The summed E-state index contributed by atoms with van der Waals surface area (Å²) in [5.41, 5.74) is 6.02. The van der Waals surface area contributed by atoms with Crippen molar-refractivity contribution in [2.75, 3.05) is 18.9 Å². The summed E-state index contributed by atoms with van der Waals surface area (Å²) >= 11 is 6.01. The fraction of sp³-hybridized carbons (Fsp3) is 0.545. The van der Waals surface area contributed by atoms with E-state index in [1.54, 1.807) is 6.92 Å². The Kier molecular flexibility index (Phi) is 2.67. The van der Waals surface area contributed by atoms with Gasteiger partial charge in [-0.2, -0.15) is 9.97 Å². The van der Waals surface area contributed by atoms with E-state index < -0.39 is 5.54 Å². The quantitative estimate of drug-likeness (QED) is 0.688. The van der Waals surface area contributed by atoms with Gasteiger partial charge in [-0.3, -0.25) is 0 Å². The maximum atomic E-state index is 9.69. The molecule has 2 aromatic heterocycles. The lowest BCUT2D eigenvalue weighted by atomic mass is 10.2. The molecule has 7 nitrogen and oxygen atoms in total. The predicted octanol–water partition coefficient (Wildman–Crippen LogP) is 0.0701. The summed E-state index contributed by atoms with van der Waals surface area (Å²) in [5.74, 6) is 0.721. The van der Waals surface area contributed by atoms with E-state index in [2.05, 4.69) is 15.0 Å². The molecule has 0 saturated heterocycles. The van der Waals surface area contributed by atoms with Gasteiger partial charge in [0.25, 0.3) is 0 Å². The van der Waals surface area contributed by atoms with Gasteiger partial charge in [0.1, 0.15) is 11.3 Å². The molecule has 1 aliphatic rings. The number of aryl methyl sites for hydroxylation is 1. The Morgan fingerprint density at radius 1 is 1.42 bits per heavy atom. The first-order valence-corrected chi connectivity index (χ1v) is 6.31. The number of fused-ring (bicyclic) bond motifs is 1. The van der Waals surface area contributed by atoms with Crippen LogP contribution in [0, 0.1) is 12.8 Å². The zero-order chi connectivity index (χ0) is 13.8. The standard InChI is InChI=1S/C11H14ClN5O2/c1-5-14-7-8(12)15-10(13)16-9(7)17(5)11(4-19)2-6(11)3-18/h6,18-19H,2-4H2,1H3,(H2,13,15,16)/t6-,11+/m0/s1. The van der Waals surface area contributed by atoms with Gasteiger partial charge in [-0.1, -0.05) is 11.6 Å². The molecule has 1 fully saturated rings. The van der Waals surface area contributed by atoms with Crippen LogP contribution in [-0.4, -0.2) is 42.9 Å². The maximum absolute atomic E-state index is 9.69. The number of rotatable bonds is 3. The molecular formula is C11H14ClN5O2. The Bertz CT molecular complexity index is 658. The predicted molar refractivity (Wildman–Crippen MR) is 69.7 cm³/mol. The van der Waals surface area contributed by atoms with E-state index in [9.17, 15) is 10.2 Å². The van der Waals surface area contributed by atoms with Crippen LogP contribution in [0.25, 0.3) is 11.2 Å². The first kappa shape index (κ1) is 12.6. The van der Waals surface area contributed by atoms with Crippen molar-refractivity contribution in [2.45, 2.75) is 18.9 Å². The molecule has 1 saturated carbocycles. The van der Waals surface area contributed by atoms with Gasteiger partial charge in [-0.25, -0.2) is 4.98 Å². The number of hydrogen-bond donors (Lipinski definition) is 3. The number of aromatic nitrogens is 4. The minimum Gasteiger partial charge on any atom is -0.396 e. The summed E-state index contributed by atoms with van der Waals surface area (Å²) in [4.78, 5) is 12.4. The van der Waals surface area contributed by atoms with Crippen LogP contribution in [0.15, 0.2) is 0 Å². The lowest BCUT2D eigenvalue weighted by molar-refractivity contribution is 0.176. The molecule has 2 atom stereocenters. The second-order valence-electron chi connectivity index (χ2n) is 4.88. The second-order valence-corrected chi connectivity index (χ2v) is 5.24. The van der Waals surface area contributed by atoms with E-state index in [4.69, 9.17) is 17.3 Å². The summed E-state index contributed by atoms with van der Waals surface area (Å²) < 4.78 is 1.81. The van der Waals surface area contributed by atoms with E-state index in [1.807, 2.05) is 4.57 Å². The second kappa shape index (κ2) is 4.03. The highest BCUT2D eigenvalue weighted by Gasteiger charge is 2.56. The maximum Gasteiger partial charge on any atom is 0.223 e. The van der Waals surface area contributed by atoms with Crippen LogP contribution in [0.3, 0.4) is 0 Å². The highest BCUT2D eigenvalue weighted by Crippen LogP contribution is 2.51. The molecule has 0 radical (unpaired) electrons. The van der Waals surface area contributed by atoms with E-state index in [-0.39, 0.29) is 30.2 Å². The third-order valence-electron chi connectivity index (χ3n) is 3.79. The van der Waals surface area contributed by atoms with Gasteiger partial charge in [-0.15, -0.1) is 0 Å². The number of nitrogens with zero attached hydrogens (tertiary/aromatic N) is 4. The normalized spacial score (nSPS) is 26.0. The molecule has 0 aliphatic heterocycles.